The first-order chi connectivity index (χ1) is 9.92. The van der Waals surface area contributed by atoms with Crippen molar-refractivity contribution >= 4 is 5.91 Å². The van der Waals surface area contributed by atoms with Crippen LogP contribution in [0.2, 0.25) is 0 Å². The van der Waals surface area contributed by atoms with Gasteiger partial charge in [-0.05, 0) is 58.2 Å². The monoisotopic (exact) mass is 297 g/mol. The minimum atomic E-state index is 0.201. The van der Waals surface area contributed by atoms with E-state index in [4.69, 9.17) is 5.73 Å². The SMILES string of the molecule is CC(C)CC(CN(C)C)NC(=O)C1CCCC(CCN)C1. The van der Waals surface area contributed by atoms with E-state index in [1.54, 1.807) is 0 Å². The van der Waals surface area contributed by atoms with E-state index in [1.807, 2.05) is 0 Å². The van der Waals surface area contributed by atoms with Crippen LogP contribution in [0, 0.1) is 17.8 Å². The minimum absolute atomic E-state index is 0.201. The Kier molecular flexibility index (Phi) is 8.27. The van der Waals surface area contributed by atoms with Crippen molar-refractivity contribution in [1.29, 1.82) is 0 Å². The Labute approximate surface area is 130 Å². The summed E-state index contributed by atoms with van der Waals surface area (Å²) in [5.74, 6) is 1.72. The summed E-state index contributed by atoms with van der Waals surface area (Å²) in [5.41, 5.74) is 5.67. The van der Waals surface area contributed by atoms with Crippen LogP contribution in [0.25, 0.3) is 0 Å². The fraction of sp³-hybridized carbons (Fsp3) is 0.941. The highest BCUT2D eigenvalue weighted by Crippen LogP contribution is 2.31. The lowest BCUT2D eigenvalue weighted by Crippen LogP contribution is -2.45. The predicted molar refractivity (Wildman–Crippen MR) is 89.1 cm³/mol. The maximum atomic E-state index is 12.6. The summed E-state index contributed by atoms with van der Waals surface area (Å²) in [7, 11) is 4.13. The predicted octanol–water partition coefficient (Wildman–Crippen LogP) is 2.23. The molecule has 1 fully saturated rings. The number of likely N-dealkylation sites (N-methyl/N-ethyl adjacent to an activating group) is 1. The van der Waals surface area contributed by atoms with Crippen LogP contribution in [0.5, 0.6) is 0 Å². The summed E-state index contributed by atoms with van der Waals surface area (Å²) in [5, 5.41) is 3.30. The lowest BCUT2D eigenvalue weighted by molar-refractivity contribution is -0.127. The van der Waals surface area contributed by atoms with E-state index in [9.17, 15) is 4.79 Å². The molecule has 1 aliphatic carbocycles. The summed E-state index contributed by atoms with van der Waals surface area (Å²) < 4.78 is 0. The van der Waals surface area contributed by atoms with Crippen molar-refractivity contribution < 1.29 is 4.79 Å². The number of nitrogens with two attached hydrogens (primary N) is 1. The van der Waals surface area contributed by atoms with Crippen molar-refractivity contribution in [2.45, 2.75) is 58.4 Å². The topological polar surface area (TPSA) is 58.4 Å². The van der Waals surface area contributed by atoms with Gasteiger partial charge in [0.1, 0.15) is 0 Å². The van der Waals surface area contributed by atoms with Crippen LogP contribution in [0.4, 0.5) is 0 Å². The average Bonchev–Trinajstić information content (AvgIpc) is 2.37. The molecule has 1 aliphatic rings. The van der Waals surface area contributed by atoms with Gasteiger partial charge in [-0.25, -0.2) is 0 Å². The van der Waals surface area contributed by atoms with Gasteiger partial charge in [-0.15, -0.1) is 0 Å². The van der Waals surface area contributed by atoms with Gasteiger partial charge < -0.3 is 16.0 Å². The van der Waals surface area contributed by atoms with Gasteiger partial charge in [0.2, 0.25) is 5.91 Å². The molecule has 3 unspecified atom stereocenters. The molecule has 0 aromatic rings. The maximum absolute atomic E-state index is 12.6. The first-order valence-electron chi connectivity index (χ1n) is 8.57. The molecule has 0 radical (unpaired) electrons. The molecule has 0 aromatic heterocycles. The third-order valence-corrected chi connectivity index (χ3v) is 4.42. The molecule has 1 saturated carbocycles. The number of nitrogens with zero attached hydrogens (tertiary/aromatic N) is 1. The standard InChI is InChI=1S/C17H35N3O/c1-13(2)10-16(12-20(3)4)19-17(21)15-7-5-6-14(11-15)8-9-18/h13-16H,5-12,18H2,1-4H3,(H,19,21). The Balaban J connectivity index is 2.51. The van der Waals surface area contributed by atoms with E-state index < -0.39 is 0 Å². The Morgan fingerprint density at radius 3 is 2.62 bits per heavy atom. The Morgan fingerprint density at radius 2 is 2.05 bits per heavy atom. The van der Waals surface area contributed by atoms with Crippen LogP contribution in [0.3, 0.4) is 0 Å². The van der Waals surface area contributed by atoms with Crippen LogP contribution < -0.4 is 11.1 Å². The number of hydrogen-bond donors (Lipinski definition) is 2. The molecular formula is C17H35N3O. The van der Waals surface area contributed by atoms with Crippen molar-refractivity contribution in [2.24, 2.45) is 23.5 Å². The molecule has 4 heteroatoms. The molecule has 1 amide bonds. The van der Waals surface area contributed by atoms with Gasteiger partial charge in [0.15, 0.2) is 0 Å². The fourth-order valence-corrected chi connectivity index (χ4v) is 3.53. The molecule has 124 valence electrons. The van der Waals surface area contributed by atoms with E-state index in [-0.39, 0.29) is 17.9 Å². The highest BCUT2D eigenvalue weighted by molar-refractivity contribution is 5.79. The summed E-state index contributed by atoms with van der Waals surface area (Å²) in [4.78, 5) is 14.7. The first kappa shape index (κ1) is 18.4. The minimum Gasteiger partial charge on any atom is -0.352 e. The largest absolute Gasteiger partial charge is 0.352 e. The average molecular weight is 297 g/mol. The van der Waals surface area contributed by atoms with Gasteiger partial charge in [0.25, 0.3) is 0 Å². The summed E-state index contributed by atoms with van der Waals surface area (Å²) in [6.45, 7) is 6.10. The smallest absolute Gasteiger partial charge is 0.223 e. The molecule has 21 heavy (non-hydrogen) atoms. The van der Waals surface area contributed by atoms with E-state index in [0.717, 1.165) is 38.8 Å². The number of carbonyl (C=O) groups excluding carboxylic acids is 1. The Bertz CT molecular complexity index is 292. The van der Waals surface area contributed by atoms with Crippen LogP contribution >= 0.6 is 0 Å². The third kappa shape index (κ3) is 7.28. The number of amides is 1. The van der Waals surface area contributed by atoms with Crippen LogP contribution in [0.1, 0.15) is 52.4 Å². The van der Waals surface area contributed by atoms with Gasteiger partial charge in [0.05, 0.1) is 0 Å². The highest BCUT2D eigenvalue weighted by Gasteiger charge is 2.28. The zero-order valence-electron chi connectivity index (χ0n) is 14.4. The Morgan fingerprint density at radius 1 is 1.33 bits per heavy atom. The van der Waals surface area contributed by atoms with Gasteiger partial charge in [0, 0.05) is 18.5 Å². The van der Waals surface area contributed by atoms with Crippen LogP contribution in [0.15, 0.2) is 0 Å². The van der Waals surface area contributed by atoms with E-state index in [1.165, 1.54) is 12.8 Å². The fourth-order valence-electron chi connectivity index (χ4n) is 3.53. The highest BCUT2D eigenvalue weighted by atomic mass is 16.1. The summed E-state index contributed by atoms with van der Waals surface area (Å²) in [6.07, 6.45) is 6.60. The second-order valence-electron chi connectivity index (χ2n) is 7.40. The molecule has 0 aromatic carbocycles. The normalized spacial score (nSPS) is 24.3. The number of hydrogen-bond acceptors (Lipinski definition) is 3. The molecular weight excluding hydrogens is 262 g/mol. The molecule has 0 heterocycles. The van der Waals surface area contributed by atoms with Gasteiger partial charge in [-0.2, -0.15) is 0 Å². The van der Waals surface area contributed by atoms with Crippen LogP contribution in [-0.2, 0) is 4.79 Å². The van der Waals surface area contributed by atoms with Crippen molar-refractivity contribution in [2.75, 3.05) is 27.2 Å². The number of rotatable bonds is 8. The van der Waals surface area contributed by atoms with Crippen molar-refractivity contribution in [1.82, 2.24) is 10.2 Å². The molecule has 1 rings (SSSR count). The third-order valence-electron chi connectivity index (χ3n) is 4.42. The van der Waals surface area contributed by atoms with Gasteiger partial charge in [-0.3, -0.25) is 4.79 Å². The second kappa shape index (κ2) is 9.42. The number of nitrogens with one attached hydrogen (secondary N) is 1. The molecule has 0 saturated heterocycles. The van der Waals surface area contributed by atoms with E-state index in [0.29, 0.717) is 11.8 Å². The molecule has 3 atom stereocenters. The lowest BCUT2D eigenvalue weighted by Gasteiger charge is -2.31. The quantitative estimate of drug-likeness (QED) is 0.722. The molecule has 0 spiro atoms. The van der Waals surface area contributed by atoms with Crippen molar-refractivity contribution in [3.63, 3.8) is 0 Å². The molecule has 3 N–H and O–H groups in total. The number of carbonyl (C=O) groups is 1. The van der Waals surface area contributed by atoms with Crippen molar-refractivity contribution in [3.05, 3.63) is 0 Å². The van der Waals surface area contributed by atoms with Gasteiger partial charge in [-0.1, -0.05) is 26.7 Å². The second-order valence-corrected chi connectivity index (χ2v) is 7.40. The Hall–Kier alpha value is -0.610. The van der Waals surface area contributed by atoms with Crippen molar-refractivity contribution in [3.8, 4) is 0 Å². The van der Waals surface area contributed by atoms with E-state index in [2.05, 4.69) is 38.2 Å². The summed E-state index contributed by atoms with van der Waals surface area (Å²) in [6, 6.07) is 0.266. The first-order valence-corrected chi connectivity index (χ1v) is 8.57. The van der Waals surface area contributed by atoms with Gasteiger partial charge >= 0.3 is 0 Å². The molecule has 0 aliphatic heterocycles. The lowest BCUT2D eigenvalue weighted by atomic mass is 9.79. The molecule has 0 bridgehead atoms. The summed E-state index contributed by atoms with van der Waals surface area (Å²) >= 11 is 0. The maximum Gasteiger partial charge on any atom is 0.223 e. The van der Waals surface area contributed by atoms with Crippen LogP contribution in [-0.4, -0.2) is 44.0 Å². The van der Waals surface area contributed by atoms with E-state index >= 15 is 0 Å². The molecule has 4 nitrogen and oxygen atoms in total. The zero-order chi connectivity index (χ0) is 15.8. The zero-order valence-corrected chi connectivity index (χ0v) is 14.4.